The fourth-order valence-electron chi connectivity index (χ4n) is 3.55. The first-order chi connectivity index (χ1) is 16.6. The van der Waals surface area contributed by atoms with Crippen LogP contribution in [0.2, 0.25) is 0 Å². The molecule has 1 radical (unpaired) electrons. The molecule has 0 aliphatic rings. The average Bonchev–Trinajstić information content (AvgIpc) is 2.91. The number of rotatable bonds is 4. The van der Waals surface area contributed by atoms with Gasteiger partial charge in [-0.15, -0.1) is 12.1 Å². The summed E-state index contributed by atoms with van der Waals surface area (Å²) in [7, 11) is 0. The van der Waals surface area contributed by atoms with Gasteiger partial charge in [-0.05, 0) is 35.0 Å². The molecule has 0 aliphatic carbocycles. The van der Waals surface area contributed by atoms with Crippen molar-refractivity contribution in [3.63, 3.8) is 0 Å². The van der Waals surface area contributed by atoms with Crippen molar-refractivity contribution in [3.05, 3.63) is 156 Å². The Balaban J connectivity index is 0.000000202. The van der Waals surface area contributed by atoms with Gasteiger partial charge in [0.15, 0.2) is 5.60 Å². The van der Waals surface area contributed by atoms with Gasteiger partial charge in [-0.3, -0.25) is 13.8 Å². The number of benzene rings is 3. The molecular formula is C29H21F2IrN2O-. The summed E-state index contributed by atoms with van der Waals surface area (Å²) in [6, 6.07) is 34.3. The summed E-state index contributed by atoms with van der Waals surface area (Å²) in [6.45, 7) is 0. The van der Waals surface area contributed by atoms with E-state index in [-0.39, 0.29) is 25.7 Å². The van der Waals surface area contributed by atoms with Gasteiger partial charge in [0.25, 0.3) is 0 Å². The van der Waals surface area contributed by atoms with Crippen LogP contribution in [-0.2, 0) is 25.7 Å². The van der Waals surface area contributed by atoms with Crippen LogP contribution in [0.15, 0.2) is 122 Å². The monoisotopic (exact) mass is 644 g/mol. The second-order valence-electron chi connectivity index (χ2n) is 7.41. The van der Waals surface area contributed by atoms with Gasteiger partial charge >= 0.3 is 0 Å². The first kappa shape index (κ1) is 26.0. The Hall–Kier alpha value is -3.57. The molecule has 35 heavy (non-hydrogen) atoms. The van der Waals surface area contributed by atoms with Gasteiger partial charge in [-0.25, -0.2) is 0 Å². The van der Waals surface area contributed by atoms with Crippen LogP contribution >= 0.6 is 0 Å². The third-order valence-corrected chi connectivity index (χ3v) is 5.20. The maximum atomic E-state index is 13.2. The predicted molar refractivity (Wildman–Crippen MR) is 128 cm³/mol. The number of nitrogens with zero attached hydrogens (tertiary/aromatic N) is 2. The van der Waals surface area contributed by atoms with Crippen molar-refractivity contribution in [1.82, 2.24) is 9.97 Å². The van der Waals surface area contributed by atoms with Crippen LogP contribution in [0.3, 0.4) is 0 Å². The van der Waals surface area contributed by atoms with Crippen molar-refractivity contribution >= 4 is 0 Å². The van der Waals surface area contributed by atoms with Gasteiger partial charge < -0.3 is 10.1 Å². The van der Waals surface area contributed by atoms with Gasteiger partial charge in [0.1, 0.15) is 0 Å². The van der Waals surface area contributed by atoms with E-state index in [2.05, 4.69) is 16.0 Å². The van der Waals surface area contributed by atoms with Crippen molar-refractivity contribution in [2.24, 2.45) is 0 Å². The first-order valence-electron chi connectivity index (χ1n) is 10.6. The van der Waals surface area contributed by atoms with E-state index in [4.69, 9.17) is 0 Å². The molecule has 0 aliphatic heterocycles. The second-order valence-corrected chi connectivity index (χ2v) is 7.41. The SMILES string of the molecule is Fc1c[c-]c(-c2ccccn2)c(F)c1.OC(c1ccccc1)(c1ccccc1)c1ccccn1.[Ir]. The molecule has 2 heterocycles. The van der Waals surface area contributed by atoms with Crippen LogP contribution in [0.25, 0.3) is 11.3 Å². The summed E-state index contributed by atoms with van der Waals surface area (Å²) in [6.07, 6.45) is 3.25. The minimum atomic E-state index is -1.23. The largest absolute Gasteiger partial charge is 0.374 e. The summed E-state index contributed by atoms with van der Waals surface area (Å²) in [5.41, 5.74) is 1.65. The average molecular weight is 644 g/mol. The van der Waals surface area contributed by atoms with Crippen LogP contribution in [0.4, 0.5) is 8.78 Å². The zero-order valence-electron chi connectivity index (χ0n) is 18.5. The fraction of sp³-hybridized carbons (Fsp3) is 0.0345. The summed E-state index contributed by atoms with van der Waals surface area (Å²) in [5, 5.41) is 11.4. The molecule has 0 saturated heterocycles. The van der Waals surface area contributed by atoms with Crippen LogP contribution < -0.4 is 0 Å². The minimum Gasteiger partial charge on any atom is -0.374 e. The topological polar surface area (TPSA) is 46.0 Å². The van der Waals surface area contributed by atoms with E-state index in [0.29, 0.717) is 11.4 Å². The van der Waals surface area contributed by atoms with Crippen LogP contribution in [0.5, 0.6) is 0 Å². The Morgan fingerprint density at radius 2 is 1.23 bits per heavy atom. The molecule has 5 rings (SSSR count). The Bertz CT molecular complexity index is 1230. The Morgan fingerprint density at radius 1 is 0.686 bits per heavy atom. The first-order valence-corrected chi connectivity index (χ1v) is 10.6. The van der Waals surface area contributed by atoms with E-state index in [1.165, 1.54) is 0 Å². The Morgan fingerprint density at radius 3 is 1.71 bits per heavy atom. The molecule has 2 aromatic heterocycles. The fourth-order valence-corrected chi connectivity index (χ4v) is 3.55. The van der Waals surface area contributed by atoms with Crippen molar-refractivity contribution in [1.29, 1.82) is 0 Å². The smallest absolute Gasteiger partial charge is 0.157 e. The van der Waals surface area contributed by atoms with E-state index >= 15 is 0 Å². The van der Waals surface area contributed by atoms with Crippen molar-refractivity contribution in [3.8, 4) is 11.3 Å². The van der Waals surface area contributed by atoms with Gasteiger partial charge in [0.2, 0.25) is 0 Å². The molecule has 0 bridgehead atoms. The summed E-state index contributed by atoms with van der Waals surface area (Å²) >= 11 is 0. The maximum absolute atomic E-state index is 13.2. The predicted octanol–water partition coefficient (Wildman–Crippen LogP) is 6.19. The molecular weight excluding hydrogens is 623 g/mol. The maximum Gasteiger partial charge on any atom is 0.157 e. The standard InChI is InChI=1S/C18H15NO.C11H6F2N.Ir/c20-18(15-9-3-1-4-10-15,16-11-5-2-6-12-16)17-13-7-8-14-19-17;12-8-4-5-9(10(13)7-8)11-3-1-2-6-14-11;/h1-14,20H;1-4,6-7H;/q;-1;. The molecule has 5 aromatic rings. The van der Waals surface area contributed by atoms with E-state index in [1.807, 2.05) is 78.9 Å². The molecule has 0 spiro atoms. The third-order valence-electron chi connectivity index (χ3n) is 5.20. The van der Waals surface area contributed by atoms with Gasteiger partial charge in [-0.1, -0.05) is 90.5 Å². The van der Waals surface area contributed by atoms with E-state index in [1.54, 1.807) is 30.6 Å². The molecule has 0 saturated carbocycles. The number of halogens is 2. The quantitative estimate of drug-likeness (QED) is 0.238. The van der Waals surface area contributed by atoms with E-state index < -0.39 is 17.2 Å². The van der Waals surface area contributed by atoms with Crippen molar-refractivity contribution < 1.29 is 34.0 Å². The summed E-state index contributed by atoms with van der Waals surface area (Å²) in [4.78, 5) is 8.30. The number of aromatic nitrogens is 2. The Kier molecular flexibility index (Phi) is 9.10. The number of pyridine rings is 2. The van der Waals surface area contributed by atoms with Gasteiger partial charge in [0.05, 0.1) is 5.69 Å². The minimum absolute atomic E-state index is 0. The normalized spacial score (nSPS) is 10.5. The number of hydrogen-bond acceptors (Lipinski definition) is 3. The molecule has 0 amide bonds. The Labute approximate surface area is 216 Å². The zero-order valence-corrected chi connectivity index (χ0v) is 20.9. The molecule has 6 heteroatoms. The molecule has 3 aromatic carbocycles. The third kappa shape index (κ3) is 6.11. The molecule has 0 fully saturated rings. The second kappa shape index (κ2) is 12.2. The number of aliphatic hydroxyl groups is 1. The van der Waals surface area contributed by atoms with Crippen LogP contribution in [-0.4, -0.2) is 15.1 Å². The van der Waals surface area contributed by atoms with Gasteiger partial charge in [0, 0.05) is 44.1 Å². The summed E-state index contributed by atoms with van der Waals surface area (Å²) in [5.74, 6) is -1.29. The van der Waals surface area contributed by atoms with Gasteiger partial charge in [-0.2, -0.15) is 0 Å². The molecule has 0 unspecified atom stereocenters. The molecule has 177 valence electrons. The molecule has 3 nitrogen and oxygen atoms in total. The number of hydrogen-bond donors (Lipinski definition) is 1. The molecule has 1 N–H and O–H groups in total. The van der Waals surface area contributed by atoms with Crippen molar-refractivity contribution in [2.45, 2.75) is 5.60 Å². The zero-order chi connectivity index (χ0) is 23.8. The van der Waals surface area contributed by atoms with Crippen molar-refractivity contribution in [2.75, 3.05) is 0 Å². The van der Waals surface area contributed by atoms with Crippen LogP contribution in [0, 0.1) is 17.7 Å². The van der Waals surface area contributed by atoms with E-state index in [0.717, 1.165) is 23.3 Å². The van der Waals surface area contributed by atoms with Crippen LogP contribution in [0.1, 0.15) is 16.8 Å². The summed E-state index contributed by atoms with van der Waals surface area (Å²) < 4.78 is 25.8. The van der Waals surface area contributed by atoms with E-state index in [9.17, 15) is 13.9 Å². The molecule has 0 atom stereocenters.